The molecule has 0 fully saturated rings. The normalized spacial score (nSPS) is 13.3. The predicted octanol–water partition coefficient (Wildman–Crippen LogP) is 1.70. The van der Waals surface area contributed by atoms with Crippen LogP contribution in [-0.2, 0) is 0 Å². The molecule has 72 valence electrons. The minimum Gasteiger partial charge on any atom is -0.330 e. The first-order valence-electron chi connectivity index (χ1n) is 4.05. The van der Waals surface area contributed by atoms with E-state index in [9.17, 15) is 8.78 Å². The molecule has 0 aliphatic carbocycles. The van der Waals surface area contributed by atoms with E-state index in [1.54, 1.807) is 19.2 Å². The number of hydrogen-bond donors (Lipinski definition) is 1. The largest absolute Gasteiger partial charge is 0.330 e. The Morgan fingerprint density at radius 2 is 2.23 bits per heavy atom. The zero-order valence-electron chi connectivity index (χ0n) is 7.37. The Balaban J connectivity index is 2.97. The van der Waals surface area contributed by atoms with Gasteiger partial charge < -0.3 is 5.73 Å². The maximum absolute atomic E-state index is 12.5. The summed E-state index contributed by atoms with van der Waals surface area (Å²) in [6, 6.07) is 1.60. The minimum absolute atomic E-state index is 0.0392. The summed E-state index contributed by atoms with van der Waals surface area (Å²) in [7, 11) is 0. The van der Waals surface area contributed by atoms with Crippen molar-refractivity contribution in [3.63, 3.8) is 0 Å². The van der Waals surface area contributed by atoms with Gasteiger partial charge in [-0.3, -0.25) is 4.98 Å². The number of halogens is 2. The molecule has 1 unspecified atom stereocenters. The van der Waals surface area contributed by atoms with E-state index in [0.29, 0.717) is 5.56 Å². The van der Waals surface area contributed by atoms with Gasteiger partial charge in [0.1, 0.15) is 0 Å². The SMILES string of the molecule is Cc1cnccc1C(CN)C(F)F. The second-order valence-electron chi connectivity index (χ2n) is 2.91. The molecule has 2 N–H and O–H groups in total. The van der Waals surface area contributed by atoms with Crippen molar-refractivity contribution in [1.82, 2.24) is 4.98 Å². The lowest BCUT2D eigenvalue weighted by atomic mass is 9.97. The summed E-state index contributed by atoms with van der Waals surface area (Å²) in [6.45, 7) is 1.72. The van der Waals surface area contributed by atoms with Gasteiger partial charge in [0.2, 0.25) is 6.43 Å². The van der Waals surface area contributed by atoms with E-state index in [1.165, 1.54) is 6.20 Å². The number of nitrogens with zero attached hydrogens (tertiary/aromatic N) is 1. The van der Waals surface area contributed by atoms with Crippen molar-refractivity contribution >= 4 is 0 Å². The van der Waals surface area contributed by atoms with Gasteiger partial charge >= 0.3 is 0 Å². The average Bonchev–Trinajstić information content (AvgIpc) is 2.09. The van der Waals surface area contributed by atoms with Gasteiger partial charge in [-0.05, 0) is 24.1 Å². The number of alkyl halides is 2. The van der Waals surface area contributed by atoms with Crippen molar-refractivity contribution in [2.75, 3.05) is 6.54 Å². The lowest BCUT2D eigenvalue weighted by molar-refractivity contribution is 0.117. The van der Waals surface area contributed by atoms with Crippen LogP contribution in [-0.4, -0.2) is 18.0 Å². The Labute approximate surface area is 75.8 Å². The Bertz CT molecular complexity index is 276. The van der Waals surface area contributed by atoms with Gasteiger partial charge in [0.05, 0.1) is 5.92 Å². The van der Waals surface area contributed by atoms with Crippen LogP contribution in [0.3, 0.4) is 0 Å². The van der Waals surface area contributed by atoms with Gasteiger partial charge in [0.25, 0.3) is 0 Å². The first-order valence-corrected chi connectivity index (χ1v) is 4.05. The van der Waals surface area contributed by atoms with E-state index >= 15 is 0 Å². The molecule has 1 rings (SSSR count). The van der Waals surface area contributed by atoms with Gasteiger partial charge in [-0.15, -0.1) is 0 Å². The van der Waals surface area contributed by atoms with Gasteiger partial charge in [-0.1, -0.05) is 0 Å². The molecule has 0 bridgehead atoms. The Kier molecular flexibility index (Phi) is 3.31. The zero-order chi connectivity index (χ0) is 9.84. The number of pyridine rings is 1. The molecule has 0 radical (unpaired) electrons. The zero-order valence-corrected chi connectivity index (χ0v) is 7.37. The van der Waals surface area contributed by atoms with Gasteiger partial charge in [0, 0.05) is 18.9 Å². The topological polar surface area (TPSA) is 38.9 Å². The molecule has 0 saturated heterocycles. The highest BCUT2D eigenvalue weighted by atomic mass is 19.3. The Morgan fingerprint density at radius 3 is 2.69 bits per heavy atom. The summed E-state index contributed by atoms with van der Waals surface area (Å²) >= 11 is 0. The van der Waals surface area contributed by atoms with Crippen LogP contribution in [0.5, 0.6) is 0 Å². The third-order valence-corrected chi connectivity index (χ3v) is 2.02. The van der Waals surface area contributed by atoms with Crippen LogP contribution in [0.15, 0.2) is 18.5 Å². The summed E-state index contributed by atoms with van der Waals surface area (Å²) < 4.78 is 24.9. The quantitative estimate of drug-likeness (QED) is 0.780. The third kappa shape index (κ3) is 2.21. The van der Waals surface area contributed by atoms with E-state index in [4.69, 9.17) is 5.73 Å². The minimum atomic E-state index is -2.41. The Morgan fingerprint density at radius 1 is 1.54 bits per heavy atom. The summed E-state index contributed by atoms with van der Waals surface area (Å²) in [5.41, 5.74) is 6.63. The van der Waals surface area contributed by atoms with Crippen LogP contribution >= 0.6 is 0 Å². The van der Waals surface area contributed by atoms with Crippen LogP contribution in [0.4, 0.5) is 8.78 Å². The lowest BCUT2D eigenvalue weighted by Crippen LogP contribution is -2.20. The van der Waals surface area contributed by atoms with Crippen LogP contribution < -0.4 is 5.73 Å². The van der Waals surface area contributed by atoms with Crippen molar-refractivity contribution in [1.29, 1.82) is 0 Å². The standard InChI is InChI=1S/C9H12F2N2/c1-6-5-13-3-2-7(6)8(4-12)9(10)11/h2-3,5,8-9H,4,12H2,1H3. The van der Waals surface area contributed by atoms with Crippen molar-refractivity contribution in [2.24, 2.45) is 5.73 Å². The molecule has 1 aromatic heterocycles. The predicted molar refractivity (Wildman–Crippen MR) is 46.8 cm³/mol. The molecule has 13 heavy (non-hydrogen) atoms. The van der Waals surface area contributed by atoms with Crippen molar-refractivity contribution in [2.45, 2.75) is 19.3 Å². The van der Waals surface area contributed by atoms with Crippen molar-refractivity contribution in [3.05, 3.63) is 29.6 Å². The number of hydrogen-bond acceptors (Lipinski definition) is 2. The van der Waals surface area contributed by atoms with E-state index in [-0.39, 0.29) is 6.54 Å². The smallest absolute Gasteiger partial charge is 0.246 e. The number of rotatable bonds is 3. The molecule has 4 heteroatoms. The molecular formula is C9H12F2N2. The van der Waals surface area contributed by atoms with Gasteiger partial charge in [-0.2, -0.15) is 0 Å². The fraction of sp³-hybridized carbons (Fsp3) is 0.444. The molecular weight excluding hydrogens is 174 g/mol. The summed E-state index contributed by atoms with van der Waals surface area (Å²) in [5, 5.41) is 0. The first-order chi connectivity index (χ1) is 6.16. The first kappa shape index (κ1) is 10.1. The van der Waals surface area contributed by atoms with Crippen LogP contribution in [0.2, 0.25) is 0 Å². The molecule has 0 aliphatic heterocycles. The average molecular weight is 186 g/mol. The molecule has 1 atom stereocenters. The summed E-state index contributed by atoms with van der Waals surface area (Å²) in [5.74, 6) is -0.872. The lowest BCUT2D eigenvalue weighted by Gasteiger charge is -2.15. The summed E-state index contributed by atoms with van der Waals surface area (Å²) in [4.78, 5) is 3.84. The van der Waals surface area contributed by atoms with E-state index in [2.05, 4.69) is 4.98 Å². The van der Waals surface area contributed by atoms with Gasteiger partial charge in [0.15, 0.2) is 0 Å². The molecule has 0 aliphatic rings. The molecule has 0 spiro atoms. The molecule has 0 saturated carbocycles. The van der Waals surface area contributed by atoms with E-state index < -0.39 is 12.3 Å². The third-order valence-electron chi connectivity index (χ3n) is 2.02. The highest BCUT2D eigenvalue weighted by molar-refractivity contribution is 5.26. The monoisotopic (exact) mass is 186 g/mol. The van der Waals surface area contributed by atoms with Crippen LogP contribution in [0, 0.1) is 6.92 Å². The highest BCUT2D eigenvalue weighted by Crippen LogP contribution is 2.24. The Hall–Kier alpha value is -1.03. The maximum atomic E-state index is 12.5. The number of nitrogens with two attached hydrogens (primary N) is 1. The van der Waals surface area contributed by atoms with Crippen LogP contribution in [0.1, 0.15) is 17.0 Å². The maximum Gasteiger partial charge on any atom is 0.246 e. The highest BCUT2D eigenvalue weighted by Gasteiger charge is 2.21. The second-order valence-corrected chi connectivity index (χ2v) is 2.91. The van der Waals surface area contributed by atoms with E-state index in [1.807, 2.05) is 0 Å². The fourth-order valence-electron chi connectivity index (χ4n) is 1.27. The van der Waals surface area contributed by atoms with E-state index in [0.717, 1.165) is 5.56 Å². The molecule has 1 heterocycles. The summed E-state index contributed by atoms with van der Waals surface area (Å²) in [6.07, 6.45) is 0.666. The number of aryl methyl sites for hydroxylation is 1. The molecule has 1 aromatic rings. The van der Waals surface area contributed by atoms with Crippen molar-refractivity contribution < 1.29 is 8.78 Å². The molecule has 0 aromatic carbocycles. The molecule has 0 amide bonds. The van der Waals surface area contributed by atoms with Crippen molar-refractivity contribution in [3.8, 4) is 0 Å². The second kappa shape index (κ2) is 4.28. The number of aromatic nitrogens is 1. The molecule has 2 nitrogen and oxygen atoms in total. The van der Waals surface area contributed by atoms with Gasteiger partial charge in [-0.25, -0.2) is 8.78 Å². The van der Waals surface area contributed by atoms with Crippen LogP contribution in [0.25, 0.3) is 0 Å². The fourth-order valence-corrected chi connectivity index (χ4v) is 1.27.